The normalized spacial score (nSPS) is 19.6. The molecule has 1 N–H and O–H groups in total. The monoisotopic (exact) mass is 300 g/mol. The Kier molecular flexibility index (Phi) is 5.13. The molecule has 19 heavy (non-hydrogen) atoms. The van der Waals surface area contributed by atoms with Gasteiger partial charge in [0.25, 0.3) is 0 Å². The zero-order chi connectivity index (χ0) is 13.9. The average molecular weight is 301 g/mol. The molecule has 0 saturated carbocycles. The summed E-state index contributed by atoms with van der Waals surface area (Å²) in [7, 11) is 2.19. The largest absolute Gasteiger partial charge is 0.312 e. The molecule has 1 aliphatic rings. The zero-order valence-electron chi connectivity index (χ0n) is 11.7. The third kappa shape index (κ3) is 4.09. The molecule has 2 nitrogen and oxygen atoms in total. The Hall–Kier alpha value is -0.280. The van der Waals surface area contributed by atoms with Crippen LogP contribution in [0.2, 0.25) is 10.0 Å². The molecule has 0 radical (unpaired) electrons. The highest BCUT2D eigenvalue weighted by Crippen LogP contribution is 2.30. The van der Waals surface area contributed by atoms with Crippen molar-refractivity contribution in [2.45, 2.75) is 26.3 Å². The molecule has 0 unspecified atom stereocenters. The van der Waals surface area contributed by atoms with Crippen LogP contribution in [0.25, 0.3) is 0 Å². The van der Waals surface area contributed by atoms with Crippen LogP contribution >= 0.6 is 23.2 Å². The highest BCUT2D eigenvalue weighted by molar-refractivity contribution is 6.35. The van der Waals surface area contributed by atoms with E-state index in [2.05, 4.69) is 24.2 Å². The number of rotatable bonds is 4. The lowest BCUT2D eigenvalue weighted by Gasteiger charge is -2.38. The van der Waals surface area contributed by atoms with Gasteiger partial charge in [-0.2, -0.15) is 0 Å². The van der Waals surface area contributed by atoms with E-state index < -0.39 is 0 Å². The smallest absolute Gasteiger partial charge is 0.0465 e. The minimum absolute atomic E-state index is 0.389. The molecule has 0 aliphatic carbocycles. The molecule has 1 aliphatic heterocycles. The molecule has 2 rings (SSSR count). The molecule has 1 fully saturated rings. The average Bonchev–Trinajstić information content (AvgIpc) is 2.37. The number of hydrogen-bond acceptors (Lipinski definition) is 2. The van der Waals surface area contributed by atoms with Gasteiger partial charge in [-0.1, -0.05) is 36.2 Å². The molecular formula is C15H22Cl2N2. The van der Waals surface area contributed by atoms with Gasteiger partial charge in [0.05, 0.1) is 0 Å². The summed E-state index contributed by atoms with van der Waals surface area (Å²) in [5.41, 5.74) is 1.39. The number of nitrogens with zero attached hydrogens (tertiary/aromatic N) is 1. The van der Waals surface area contributed by atoms with Crippen molar-refractivity contribution >= 4 is 23.2 Å². The zero-order valence-corrected chi connectivity index (χ0v) is 13.2. The van der Waals surface area contributed by atoms with Crippen molar-refractivity contribution < 1.29 is 0 Å². The van der Waals surface area contributed by atoms with Gasteiger partial charge in [0, 0.05) is 28.7 Å². The van der Waals surface area contributed by atoms with Crippen LogP contribution in [-0.4, -0.2) is 31.6 Å². The van der Waals surface area contributed by atoms with Crippen molar-refractivity contribution in [3.05, 3.63) is 33.8 Å². The number of halogens is 2. The number of nitrogens with one attached hydrogen (secondary N) is 1. The Morgan fingerprint density at radius 1 is 1.21 bits per heavy atom. The summed E-state index contributed by atoms with van der Waals surface area (Å²) >= 11 is 12.3. The summed E-state index contributed by atoms with van der Waals surface area (Å²) in [5, 5.41) is 5.01. The van der Waals surface area contributed by atoms with Crippen LogP contribution in [0.15, 0.2) is 18.2 Å². The van der Waals surface area contributed by atoms with Crippen LogP contribution in [0.3, 0.4) is 0 Å². The summed E-state index contributed by atoms with van der Waals surface area (Å²) < 4.78 is 0. The first-order valence-corrected chi connectivity index (χ1v) is 7.58. The van der Waals surface area contributed by atoms with Crippen LogP contribution in [-0.2, 0) is 6.54 Å². The number of likely N-dealkylation sites (tertiary alicyclic amines) is 1. The minimum Gasteiger partial charge on any atom is -0.312 e. The second kappa shape index (κ2) is 6.45. The van der Waals surface area contributed by atoms with Gasteiger partial charge in [-0.05, 0) is 50.5 Å². The number of piperidine rings is 1. The summed E-state index contributed by atoms with van der Waals surface area (Å²) in [5.74, 6) is 0. The fourth-order valence-electron chi connectivity index (χ4n) is 2.53. The summed E-state index contributed by atoms with van der Waals surface area (Å²) in [6, 6.07) is 5.66. The molecule has 1 aromatic rings. The maximum absolute atomic E-state index is 6.17. The second-order valence-electron chi connectivity index (χ2n) is 5.92. The second-order valence-corrected chi connectivity index (χ2v) is 6.73. The molecule has 0 aromatic heterocycles. The van der Waals surface area contributed by atoms with Crippen molar-refractivity contribution in [2.24, 2.45) is 5.41 Å². The van der Waals surface area contributed by atoms with E-state index in [4.69, 9.17) is 23.2 Å². The van der Waals surface area contributed by atoms with Crippen molar-refractivity contribution in [3.63, 3.8) is 0 Å². The Morgan fingerprint density at radius 2 is 1.79 bits per heavy atom. The first-order chi connectivity index (χ1) is 9.00. The molecular weight excluding hydrogens is 279 g/mol. The Bertz CT molecular complexity index is 406. The lowest BCUT2D eigenvalue weighted by atomic mass is 9.80. The predicted molar refractivity (Wildman–Crippen MR) is 83.0 cm³/mol. The van der Waals surface area contributed by atoms with E-state index in [9.17, 15) is 0 Å². The third-order valence-electron chi connectivity index (χ3n) is 4.11. The van der Waals surface area contributed by atoms with E-state index in [1.807, 2.05) is 18.2 Å². The first kappa shape index (κ1) is 15.1. The van der Waals surface area contributed by atoms with E-state index in [-0.39, 0.29) is 0 Å². The van der Waals surface area contributed by atoms with Gasteiger partial charge in [-0.3, -0.25) is 0 Å². The van der Waals surface area contributed by atoms with Gasteiger partial charge in [0.1, 0.15) is 0 Å². The molecule has 0 spiro atoms. The Morgan fingerprint density at radius 3 is 2.37 bits per heavy atom. The molecule has 0 bridgehead atoms. The van der Waals surface area contributed by atoms with Gasteiger partial charge in [-0.15, -0.1) is 0 Å². The molecule has 0 atom stereocenters. The van der Waals surface area contributed by atoms with Gasteiger partial charge < -0.3 is 10.2 Å². The quantitative estimate of drug-likeness (QED) is 0.909. The van der Waals surface area contributed by atoms with Gasteiger partial charge in [0.2, 0.25) is 0 Å². The van der Waals surface area contributed by atoms with Gasteiger partial charge in [-0.25, -0.2) is 0 Å². The summed E-state index contributed by atoms with van der Waals surface area (Å²) in [4.78, 5) is 2.40. The van der Waals surface area contributed by atoms with Crippen LogP contribution in [0.1, 0.15) is 25.3 Å². The van der Waals surface area contributed by atoms with Crippen LogP contribution in [0.5, 0.6) is 0 Å². The van der Waals surface area contributed by atoms with E-state index in [0.29, 0.717) is 5.41 Å². The van der Waals surface area contributed by atoms with E-state index in [1.54, 1.807) is 0 Å². The molecule has 1 aromatic carbocycles. The lowest BCUT2D eigenvalue weighted by molar-refractivity contribution is 0.137. The lowest BCUT2D eigenvalue weighted by Crippen LogP contribution is -2.41. The maximum Gasteiger partial charge on any atom is 0.0465 e. The molecule has 4 heteroatoms. The van der Waals surface area contributed by atoms with Crippen molar-refractivity contribution in [1.29, 1.82) is 0 Å². The fraction of sp³-hybridized carbons (Fsp3) is 0.600. The SMILES string of the molecule is CN1CCC(C)(CNCc2c(Cl)cccc2Cl)CC1. The van der Waals surface area contributed by atoms with E-state index in [0.717, 1.165) is 28.7 Å². The predicted octanol–water partition coefficient (Wildman–Crippen LogP) is 3.81. The standard InChI is InChI=1S/C15H22Cl2N2/c1-15(6-8-19(2)9-7-15)11-18-10-12-13(16)4-3-5-14(12)17/h3-5,18H,6-11H2,1-2H3. The van der Waals surface area contributed by atoms with Crippen molar-refractivity contribution in [1.82, 2.24) is 10.2 Å². The number of benzene rings is 1. The molecule has 0 amide bonds. The van der Waals surface area contributed by atoms with Crippen LogP contribution in [0.4, 0.5) is 0 Å². The molecule has 1 heterocycles. The highest BCUT2D eigenvalue weighted by Gasteiger charge is 2.28. The Balaban J connectivity index is 1.86. The summed E-state index contributed by atoms with van der Waals surface area (Å²) in [6.07, 6.45) is 2.49. The maximum atomic E-state index is 6.17. The van der Waals surface area contributed by atoms with Gasteiger partial charge >= 0.3 is 0 Å². The van der Waals surface area contributed by atoms with E-state index in [1.165, 1.54) is 25.9 Å². The fourth-order valence-corrected chi connectivity index (χ4v) is 3.06. The van der Waals surface area contributed by atoms with Gasteiger partial charge in [0.15, 0.2) is 0 Å². The van der Waals surface area contributed by atoms with Crippen molar-refractivity contribution in [2.75, 3.05) is 26.7 Å². The van der Waals surface area contributed by atoms with E-state index >= 15 is 0 Å². The highest BCUT2D eigenvalue weighted by atomic mass is 35.5. The third-order valence-corrected chi connectivity index (χ3v) is 4.82. The molecule has 106 valence electrons. The topological polar surface area (TPSA) is 15.3 Å². The molecule has 1 saturated heterocycles. The van der Waals surface area contributed by atoms with Crippen LogP contribution < -0.4 is 5.32 Å². The van der Waals surface area contributed by atoms with Crippen LogP contribution in [0, 0.1) is 5.41 Å². The van der Waals surface area contributed by atoms with Crippen molar-refractivity contribution in [3.8, 4) is 0 Å². The minimum atomic E-state index is 0.389. The first-order valence-electron chi connectivity index (χ1n) is 6.82. The summed E-state index contributed by atoms with van der Waals surface area (Å²) in [6.45, 7) is 6.49. The Labute approximate surface area is 126 Å². The number of hydrogen-bond donors (Lipinski definition) is 1.